The van der Waals surface area contributed by atoms with Gasteiger partial charge < -0.3 is 9.84 Å². The zero-order valence-electron chi connectivity index (χ0n) is 11.7. The molecule has 0 bridgehead atoms. The fourth-order valence-corrected chi connectivity index (χ4v) is 2.37. The molecule has 18 heavy (non-hydrogen) atoms. The van der Waals surface area contributed by atoms with Crippen LogP contribution in [0.3, 0.4) is 0 Å². The Labute approximate surface area is 108 Å². The van der Waals surface area contributed by atoms with Gasteiger partial charge in [-0.3, -0.25) is 4.90 Å². The fourth-order valence-electron chi connectivity index (χ4n) is 2.37. The zero-order valence-corrected chi connectivity index (χ0v) is 11.7. The lowest BCUT2D eigenvalue weighted by Crippen LogP contribution is -2.58. The van der Waals surface area contributed by atoms with Crippen LogP contribution in [0.25, 0.3) is 0 Å². The van der Waals surface area contributed by atoms with Crippen LogP contribution in [0.4, 0.5) is 0 Å². The molecule has 1 unspecified atom stereocenters. The van der Waals surface area contributed by atoms with E-state index >= 15 is 0 Å². The second kappa shape index (κ2) is 5.26. The molecule has 0 aromatic carbocycles. The third-order valence-corrected chi connectivity index (χ3v) is 3.09. The summed E-state index contributed by atoms with van der Waals surface area (Å²) in [6.45, 7) is 8.46. The van der Waals surface area contributed by atoms with Gasteiger partial charge in [-0.1, -0.05) is 6.92 Å². The molecular formula is C13H23NO4. The predicted octanol–water partition coefficient (Wildman–Crippen LogP) is 1.66. The second-order valence-electron chi connectivity index (χ2n) is 5.76. The van der Waals surface area contributed by atoms with E-state index in [4.69, 9.17) is 4.74 Å². The van der Waals surface area contributed by atoms with Crippen LogP contribution >= 0.6 is 0 Å². The van der Waals surface area contributed by atoms with Crippen molar-refractivity contribution >= 4 is 11.9 Å². The van der Waals surface area contributed by atoms with E-state index in [2.05, 4.69) is 0 Å². The first-order valence-electron chi connectivity index (χ1n) is 6.46. The molecule has 1 N–H and O–H groups in total. The molecule has 0 radical (unpaired) electrons. The number of nitrogens with zero attached hydrogens (tertiary/aromatic N) is 1. The lowest BCUT2D eigenvalue weighted by atomic mass is 9.95. The van der Waals surface area contributed by atoms with Crippen molar-refractivity contribution < 1.29 is 19.4 Å². The minimum Gasteiger partial charge on any atom is -0.479 e. The monoisotopic (exact) mass is 257 g/mol. The molecule has 1 atom stereocenters. The maximum atomic E-state index is 12.3. The summed E-state index contributed by atoms with van der Waals surface area (Å²) in [4.78, 5) is 25.6. The van der Waals surface area contributed by atoms with Crippen LogP contribution < -0.4 is 0 Å². The molecule has 104 valence electrons. The van der Waals surface area contributed by atoms with E-state index in [9.17, 15) is 14.7 Å². The zero-order chi connectivity index (χ0) is 14.0. The van der Waals surface area contributed by atoms with Crippen molar-refractivity contribution in [2.75, 3.05) is 13.1 Å². The Balaban J connectivity index is 3.00. The first kappa shape index (κ1) is 15.0. The third kappa shape index (κ3) is 2.83. The molecule has 0 aromatic heterocycles. The number of likely N-dealkylation sites (tertiary alicyclic amines) is 1. The largest absolute Gasteiger partial charge is 0.479 e. The molecule has 0 aliphatic carbocycles. The summed E-state index contributed by atoms with van der Waals surface area (Å²) in [6.07, 6.45) is 1.86. The average molecular weight is 257 g/mol. The van der Waals surface area contributed by atoms with Crippen LogP contribution in [0.2, 0.25) is 0 Å². The summed E-state index contributed by atoms with van der Waals surface area (Å²) >= 11 is 0. The van der Waals surface area contributed by atoms with Crippen LogP contribution in [0.1, 0.15) is 47.0 Å². The van der Waals surface area contributed by atoms with Crippen molar-refractivity contribution in [3.8, 4) is 0 Å². The van der Waals surface area contributed by atoms with Gasteiger partial charge in [0.2, 0.25) is 5.54 Å². The van der Waals surface area contributed by atoms with E-state index in [1.807, 2.05) is 6.92 Å². The standard InChI is InChI=1S/C13H23NO4/c1-5-8-14-9-6-7-13(14,10(15)16)11(17)18-12(2,3)4/h5-9H2,1-4H3,(H,15,16). The molecule has 5 nitrogen and oxygen atoms in total. The summed E-state index contributed by atoms with van der Waals surface area (Å²) in [7, 11) is 0. The van der Waals surface area contributed by atoms with Gasteiger partial charge in [0.1, 0.15) is 5.60 Å². The number of hydrogen-bond donors (Lipinski definition) is 1. The van der Waals surface area contributed by atoms with Crippen LogP contribution in [-0.4, -0.2) is 46.2 Å². The first-order chi connectivity index (χ1) is 8.24. The molecule has 0 saturated carbocycles. The van der Waals surface area contributed by atoms with E-state index in [1.165, 1.54) is 0 Å². The van der Waals surface area contributed by atoms with E-state index in [0.29, 0.717) is 25.9 Å². The van der Waals surface area contributed by atoms with Crippen molar-refractivity contribution in [2.45, 2.75) is 58.1 Å². The lowest BCUT2D eigenvalue weighted by molar-refractivity contribution is -0.177. The van der Waals surface area contributed by atoms with Gasteiger partial charge >= 0.3 is 11.9 Å². The molecule has 1 saturated heterocycles. The lowest BCUT2D eigenvalue weighted by Gasteiger charge is -2.34. The van der Waals surface area contributed by atoms with E-state index in [-0.39, 0.29) is 0 Å². The Morgan fingerprint density at radius 3 is 2.44 bits per heavy atom. The van der Waals surface area contributed by atoms with Gasteiger partial charge in [-0.15, -0.1) is 0 Å². The van der Waals surface area contributed by atoms with E-state index < -0.39 is 23.1 Å². The van der Waals surface area contributed by atoms with Crippen molar-refractivity contribution in [2.24, 2.45) is 0 Å². The van der Waals surface area contributed by atoms with Gasteiger partial charge in [0, 0.05) is 0 Å². The minimum absolute atomic E-state index is 0.331. The van der Waals surface area contributed by atoms with Gasteiger partial charge in [-0.2, -0.15) is 0 Å². The molecule has 1 heterocycles. The number of rotatable bonds is 4. The summed E-state index contributed by atoms with van der Waals surface area (Å²) in [5, 5.41) is 9.49. The topological polar surface area (TPSA) is 66.8 Å². The number of aliphatic carboxylic acids is 1. The highest BCUT2D eigenvalue weighted by molar-refractivity contribution is 6.04. The van der Waals surface area contributed by atoms with Crippen molar-refractivity contribution in [3.63, 3.8) is 0 Å². The highest BCUT2D eigenvalue weighted by Crippen LogP contribution is 2.32. The molecule has 1 fully saturated rings. The summed E-state index contributed by atoms with van der Waals surface area (Å²) in [5.74, 6) is -1.73. The van der Waals surface area contributed by atoms with Gasteiger partial charge in [0.25, 0.3) is 0 Å². The second-order valence-corrected chi connectivity index (χ2v) is 5.76. The number of carboxylic acid groups (broad SMARTS) is 1. The SMILES string of the molecule is CCCN1CCCC1(C(=O)O)C(=O)OC(C)(C)C. The number of carboxylic acids is 1. The van der Waals surface area contributed by atoms with Crippen LogP contribution in [-0.2, 0) is 14.3 Å². The molecule has 5 heteroatoms. The number of carbonyl (C=O) groups excluding carboxylic acids is 1. The Kier molecular flexibility index (Phi) is 4.37. The van der Waals surface area contributed by atoms with Crippen molar-refractivity contribution in [1.82, 2.24) is 4.90 Å². The van der Waals surface area contributed by atoms with E-state index in [1.54, 1.807) is 25.7 Å². The smallest absolute Gasteiger partial charge is 0.338 e. The molecule has 1 rings (SSSR count). The van der Waals surface area contributed by atoms with Gasteiger partial charge in [-0.05, 0) is 53.1 Å². The summed E-state index contributed by atoms with van der Waals surface area (Å²) in [6, 6.07) is 0. The average Bonchev–Trinajstić information content (AvgIpc) is 2.60. The molecule has 1 aliphatic heterocycles. The predicted molar refractivity (Wildman–Crippen MR) is 67.3 cm³/mol. The summed E-state index contributed by atoms with van der Waals surface area (Å²) < 4.78 is 5.30. The quantitative estimate of drug-likeness (QED) is 0.613. The third-order valence-electron chi connectivity index (χ3n) is 3.09. The maximum Gasteiger partial charge on any atom is 0.338 e. The van der Waals surface area contributed by atoms with Crippen molar-refractivity contribution in [1.29, 1.82) is 0 Å². The summed E-state index contributed by atoms with van der Waals surface area (Å²) in [5.41, 5.74) is -2.15. The minimum atomic E-state index is -1.48. The fraction of sp³-hybridized carbons (Fsp3) is 0.846. The Morgan fingerprint density at radius 2 is 2.00 bits per heavy atom. The van der Waals surface area contributed by atoms with Crippen LogP contribution in [0, 0.1) is 0 Å². The molecule has 0 aromatic rings. The van der Waals surface area contributed by atoms with Gasteiger partial charge in [0.15, 0.2) is 0 Å². The maximum absolute atomic E-state index is 12.3. The van der Waals surface area contributed by atoms with Crippen LogP contribution in [0.5, 0.6) is 0 Å². The van der Waals surface area contributed by atoms with Gasteiger partial charge in [0.05, 0.1) is 0 Å². The van der Waals surface area contributed by atoms with Crippen molar-refractivity contribution in [3.05, 3.63) is 0 Å². The highest BCUT2D eigenvalue weighted by atomic mass is 16.6. The Bertz CT molecular complexity index is 334. The molecular weight excluding hydrogens is 234 g/mol. The number of hydrogen-bond acceptors (Lipinski definition) is 4. The molecule has 0 amide bonds. The molecule has 1 aliphatic rings. The molecule has 0 spiro atoms. The number of carbonyl (C=O) groups is 2. The van der Waals surface area contributed by atoms with E-state index in [0.717, 1.165) is 6.42 Å². The Hall–Kier alpha value is -1.10. The van der Waals surface area contributed by atoms with Gasteiger partial charge in [-0.25, -0.2) is 9.59 Å². The highest BCUT2D eigenvalue weighted by Gasteiger charge is 2.55. The van der Waals surface area contributed by atoms with Crippen LogP contribution in [0.15, 0.2) is 0 Å². The first-order valence-corrected chi connectivity index (χ1v) is 6.46. The number of ether oxygens (including phenoxy) is 1. The Morgan fingerprint density at radius 1 is 1.39 bits per heavy atom. The number of esters is 1. The normalized spacial score (nSPS) is 25.1.